The third-order valence-corrected chi connectivity index (χ3v) is 6.09. The second-order valence-corrected chi connectivity index (χ2v) is 7.79. The fraction of sp³-hybridized carbons (Fsp3) is 0.950. The van der Waals surface area contributed by atoms with E-state index in [9.17, 15) is 0 Å². The number of halogens is 1. The Morgan fingerprint density at radius 1 is 1.19 bits per heavy atom. The number of guanidine groups is 1. The van der Waals surface area contributed by atoms with E-state index in [1.54, 1.807) is 7.11 Å². The summed E-state index contributed by atoms with van der Waals surface area (Å²) in [4.78, 5) is 6.98. The summed E-state index contributed by atoms with van der Waals surface area (Å²) in [6, 6.07) is 0.585. The first-order valence-corrected chi connectivity index (χ1v) is 10.5. The van der Waals surface area contributed by atoms with Gasteiger partial charge in [-0.25, -0.2) is 0 Å². The second-order valence-electron chi connectivity index (χ2n) is 7.79. The Morgan fingerprint density at radius 2 is 1.96 bits per heavy atom. The summed E-state index contributed by atoms with van der Waals surface area (Å²) in [6.07, 6.45) is 8.98. The van der Waals surface area contributed by atoms with Crippen molar-refractivity contribution in [3.63, 3.8) is 0 Å². The van der Waals surface area contributed by atoms with E-state index in [1.165, 1.54) is 45.1 Å². The summed E-state index contributed by atoms with van der Waals surface area (Å²) in [5, 5.41) is 7.15. The van der Waals surface area contributed by atoms with Gasteiger partial charge in [0, 0.05) is 53.0 Å². The van der Waals surface area contributed by atoms with Gasteiger partial charge in [-0.3, -0.25) is 9.89 Å². The minimum atomic E-state index is 0. The largest absolute Gasteiger partial charge is 0.383 e. The Kier molecular flexibility index (Phi) is 12.9. The average molecular weight is 496 g/mol. The van der Waals surface area contributed by atoms with Crippen LogP contribution in [0.5, 0.6) is 0 Å². The summed E-state index contributed by atoms with van der Waals surface area (Å²) < 4.78 is 10.9. The fourth-order valence-corrected chi connectivity index (χ4v) is 4.41. The Morgan fingerprint density at radius 3 is 2.63 bits per heavy atom. The number of nitrogens with one attached hydrogen (secondary N) is 2. The molecule has 1 saturated heterocycles. The minimum absolute atomic E-state index is 0. The third kappa shape index (κ3) is 8.41. The molecule has 160 valence electrons. The van der Waals surface area contributed by atoms with E-state index in [0.717, 1.165) is 51.8 Å². The zero-order valence-corrected chi connectivity index (χ0v) is 19.9. The van der Waals surface area contributed by atoms with Crippen LogP contribution in [0.3, 0.4) is 0 Å². The lowest BCUT2D eigenvalue weighted by molar-refractivity contribution is 0.105. The molecular formula is C20H41IN4O2. The number of aliphatic imine (C=N–C) groups is 1. The first kappa shape index (κ1) is 24.9. The van der Waals surface area contributed by atoms with Crippen LogP contribution in [0.2, 0.25) is 0 Å². The summed E-state index contributed by atoms with van der Waals surface area (Å²) in [7, 11) is 3.65. The van der Waals surface area contributed by atoms with Crippen LogP contribution >= 0.6 is 24.0 Å². The highest BCUT2D eigenvalue weighted by atomic mass is 127. The van der Waals surface area contributed by atoms with Gasteiger partial charge in [0.15, 0.2) is 5.96 Å². The number of likely N-dealkylation sites (tertiary alicyclic amines) is 1. The van der Waals surface area contributed by atoms with Crippen molar-refractivity contribution >= 4 is 29.9 Å². The molecule has 0 radical (unpaired) electrons. The van der Waals surface area contributed by atoms with Gasteiger partial charge < -0.3 is 20.1 Å². The molecule has 1 aliphatic heterocycles. The maximum atomic E-state index is 5.62. The highest BCUT2D eigenvalue weighted by Crippen LogP contribution is 2.40. The summed E-state index contributed by atoms with van der Waals surface area (Å²) in [5.41, 5.74) is 0.380. The van der Waals surface area contributed by atoms with Crippen LogP contribution in [0.4, 0.5) is 0 Å². The SMILES string of the molecule is CCOCCC1(CNC(=NC)NCC2CCCN2CCOC)CCCC1.I. The lowest BCUT2D eigenvalue weighted by Gasteiger charge is -2.30. The maximum absolute atomic E-state index is 5.62. The quantitative estimate of drug-likeness (QED) is 0.200. The number of hydrogen-bond acceptors (Lipinski definition) is 4. The molecule has 0 spiro atoms. The van der Waals surface area contributed by atoms with Crippen molar-refractivity contribution in [2.75, 3.05) is 60.2 Å². The van der Waals surface area contributed by atoms with Gasteiger partial charge >= 0.3 is 0 Å². The van der Waals surface area contributed by atoms with E-state index in [2.05, 4.69) is 27.4 Å². The number of rotatable bonds is 11. The van der Waals surface area contributed by atoms with Gasteiger partial charge in [-0.2, -0.15) is 0 Å². The highest BCUT2D eigenvalue weighted by Gasteiger charge is 2.33. The normalized spacial score (nSPS) is 22.6. The van der Waals surface area contributed by atoms with E-state index < -0.39 is 0 Å². The smallest absolute Gasteiger partial charge is 0.191 e. The van der Waals surface area contributed by atoms with E-state index in [0.29, 0.717) is 11.5 Å². The number of methoxy groups -OCH3 is 1. The second kappa shape index (κ2) is 14.0. The van der Waals surface area contributed by atoms with E-state index in [4.69, 9.17) is 9.47 Å². The average Bonchev–Trinajstić information content (AvgIpc) is 3.30. The van der Waals surface area contributed by atoms with Crippen LogP contribution in [-0.2, 0) is 9.47 Å². The van der Waals surface area contributed by atoms with Gasteiger partial charge in [-0.05, 0) is 51.0 Å². The van der Waals surface area contributed by atoms with Crippen molar-refractivity contribution in [1.29, 1.82) is 0 Å². The Hall–Kier alpha value is -0.120. The molecule has 27 heavy (non-hydrogen) atoms. The molecule has 0 aromatic heterocycles. The molecule has 1 unspecified atom stereocenters. The molecule has 2 aliphatic rings. The molecule has 1 saturated carbocycles. The molecule has 0 aromatic carbocycles. The molecule has 2 rings (SSSR count). The zero-order valence-electron chi connectivity index (χ0n) is 17.6. The van der Waals surface area contributed by atoms with Gasteiger partial charge in [-0.15, -0.1) is 24.0 Å². The minimum Gasteiger partial charge on any atom is -0.383 e. The number of ether oxygens (including phenoxy) is 2. The van der Waals surface area contributed by atoms with Crippen LogP contribution in [0.1, 0.15) is 51.9 Å². The molecule has 2 N–H and O–H groups in total. The lowest BCUT2D eigenvalue weighted by atomic mass is 9.83. The number of nitrogens with zero attached hydrogens (tertiary/aromatic N) is 2. The van der Waals surface area contributed by atoms with Crippen molar-refractivity contribution in [2.45, 2.75) is 57.9 Å². The highest BCUT2D eigenvalue weighted by molar-refractivity contribution is 14.0. The van der Waals surface area contributed by atoms with Gasteiger partial charge in [0.1, 0.15) is 0 Å². The molecule has 7 heteroatoms. The summed E-state index contributed by atoms with van der Waals surface area (Å²) in [5.74, 6) is 0.936. The summed E-state index contributed by atoms with van der Waals surface area (Å²) >= 11 is 0. The first-order valence-electron chi connectivity index (χ1n) is 10.5. The van der Waals surface area contributed by atoms with Crippen LogP contribution in [0.15, 0.2) is 4.99 Å². The van der Waals surface area contributed by atoms with Crippen LogP contribution in [0, 0.1) is 5.41 Å². The maximum Gasteiger partial charge on any atom is 0.191 e. The van der Waals surface area contributed by atoms with Gasteiger partial charge in [0.2, 0.25) is 0 Å². The molecule has 0 amide bonds. The van der Waals surface area contributed by atoms with Gasteiger partial charge in [-0.1, -0.05) is 12.8 Å². The van der Waals surface area contributed by atoms with Crippen molar-refractivity contribution in [1.82, 2.24) is 15.5 Å². The number of hydrogen-bond donors (Lipinski definition) is 2. The molecule has 1 heterocycles. The Balaban J connectivity index is 0.00000364. The van der Waals surface area contributed by atoms with Crippen molar-refractivity contribution < 1.29 is 9.47 Å². The van der Waals surface area contributed by atoms with Crippen LogP contribution < -0.4 is 10.6 Å². The van der Waals surface area contributed by atoms with Crippen molar-refractivity contribution in [3.8, 4) is 0 Å². The third-order valence-electron chi connectivity index (χ3n) is 6.09. The van der Waals surface area contributed by atoms with Gasteiger partial charge in [0.25, 0.3) is 0 Å². The monoisotopic (exact) mass is 496 g/mol. The first-order chi connectivity index (χ1) is 12.7. The van der Waals surface area contributed by atoms with E-state index >= 15 is 0 Å². The van der Waals surface area contributed by atoms with Crippen molar-refractivity contribution in [3.05, 3.63) is 0 Å². The predicted molar refractivity (Wildman–Crippen MR) is 123 cm³/mol. The van der Waals surface area contributed by atoms with Crippen LogP contribution in [-0.4, -0.2) is 77.1 Å². The molecule has 2 fully saturated rings. The Labute approximate surface area is 183 Å². The summed E-state index contributed by atoms with van der Waals surface area (Å²) in [6.45, 7) is 8.73. The van der Waals surface area contributed by atoms with E-state index in [1.807, 2.05) is 7.05 Å². The Bertz CT molecular complexity index is 417. The predicted octanol–water partition coefficient (Wildman–Crippen LogP) is 2.87. The van der Waals surface area contributed by atoms with E-state index in [-0.39, 0.29) is 24.0 Å². The fourth-order valence-electron chi connectivity index (χ4n) is 4.41. The van der Waals surface area contributed by atoms with Gasteiger partial charge in [0.05, 0.1) is 6.61 Å². The molecule has 1 aliphatic carbocycles. The molecule has 1 atom stereocenters. The lowest BCUT2D eigenvalue weighted by Crippen LogP contribution is -2.47. The molecule has 0 bridgehead atoms. The molecule has 6 nitrogen and oxygen atoms in total. The topological polar surface area (TPSA) is 58.1 Å². The molecule has 0 aromatic rings. The molecular weight excluding hydrogens is 455 g/mol. The van der Waals surface area contributed by atoms with Crippen molar-refractivity contribution in [2.24, 2.45) is 10.4 Å². The van der Waals surface area contributed by atoms with Crippen LogP contribution in [0.25, 0.3) is 0 Å². The zero-order chi connectivity index (χ0) is 18.7. The standard InChI is InChI=1S/C20H40N4O2.HI/c1-4-26-14-11-20(9-5-6-10-20)17-23-19(21-2)22-16-18-8-7-12-24(18)13-15-25-3;/h18H,4-17H2,1-3H3,(H2,21,22,23);1H.